The number of unbranched alkanes of at least 4 members (excludes halogenated alkanes) is 1. The lowest BCUT2D eigenvalue weighted by molar-refractivity contribution is -0.160. The van der Waals surface area contributed by atoms with Crippen LogP contribution in [-0.2, 0) is 19.6 Å². The Hall–Kier alpha value is -2.89. The molecule has 204 valence electrons. The van der Waals surface area contributed by atoms with Crippen molar-refractivity contribution in [1.82, 2.24) is 9.97 Å². The summed E-state index contributed by atoms with van der Waals surface area (Å²) in [6.07, 6.45) is 3.52. The van der Waals surface area contributed by atoms with E-state index in [2.05, 4.69) is 9.97 Å². The number of nitrogens with zero attached hydrogens (tertiary/aromatic N) is 3. The normalized spacial score (nSPS) is 13.6. The van der Waals surface area contributed by atoms with Gasteiger partial charge in [-0.1, -0.05) is 39.3 Å². The number of ether oxygens (including phenoxy) is 1. The molecule has 0 aliphatic rings. The highest BCUT2D eigenvalue weighted by atomic mass is 32.2. The predicted octanol–water partition coefficient (Wildman–Crippen LogP) is 3.66. The number of allylic oxidation sites excluding steroid dienone is 1. The monoisotopic (exact) mass is 537 g/mol. The van der Waals surface area contributed by atoms with Crippen molar-refractivity contribution in [2.45, 2.75) is 64.6 Å². The SMILES string of the molecule is CCCCOC(=O)C(O)[C@H](O)CCC=Cc1c(-c2ccc(F)cc2)nc(N(C)S(C)(=O)=O)nc1C(C)C. The minimum Gasteiger partial charge on any atom is -0.464 e. The molecule has 1 aromatic heterocycles. The molecule has 0 aliphatic heterocycles. The van der Waals surface area contributed by atoms with Gasteiger partial charge in [0.2, 0.25) is 16.0 Å². The van der Waals surface area contributed by atoms with Gasteiger partial charge in [0.05, 0.1) is 30.4 Å². The molecule has 1 unspecified atom stereocenters. The summed E-state index contributed by atoms with van der Waals surface area (Å²) in [4.78, 5) is 20.9. The van der Waals surface area contributed by atoms with Crippen LogP contribution < -0.4 is 4.31 Å². The standard InChI is InChI=1S/C26H36FN3O6S/c1-6-7-16-36-25(33)24(32)21(31)11-9-8-10-20-22(17(2)3)28-26(30(4)37(5,34)35)29-23(20)18-12-14-19(27)15-13-18/h8,10,12-15,17,21,24,31-32H,6-7,9,11,16H2,1-5H3/t21-,24?/m1/s1. The van der Waals surface area contributed by atoms with Crippen molar-refractivity contribution < 1.29 is 32.6 Å². The van der Waals surface area contributed by atoms with E-state index in [4.69, 9.17) is 4.74 Å². The molecule has 37 heavy (non-hydrogen) atoms. The maximum absolute atomic E-state index is 13.6. The van der Waals surface area contributed by atoms with Gasteiger partial charge >= 0.3 is 5.97 Å². The summed E-state index contributed by atoms with van der Waals surface area (Å²) >= 11 is 0. The summed E-state index contributed by atoms with van der Waals surface area (Å²) in [7, 11) is -2.27. The number of esters is 1. The first kappa shape index (κ1) is 30.3. The van der Waals surface area contributed by atoms with Gasteiger partial charge in [-0.25, -0.2) is 31.9 Å². The zero-order chi connectivity index (χ0) is 27.8. The largest absolute Gasteiger partial charge is 0.464 e. The Morgan fingerprint density at radius 3 is 2.41 bits per heavy atom. The highest BCUT2D eigenvalue weighted by Gasteiger charge is 2.25. The van der Waals surface area contributed by atoms with E-state index in [1.807, 2.05) is 20.8 Å². The molecule has 1 aromatic carbocycles. The molecule has 1 heterocycles. The summed E-state index contributed by atoms with van der Waals surface area (Å²) in [6.45, 7) is 5.94. The van der Waals surface area contributed by atoms with Gasteiger partial charge in [0.25, 0.3) is 0 Å². The van der Waals surface area contributed by atoms with E-state index in [9.17, 15) is 27.8 Å². The molecule has 0 saturated carbocycles. The van der Waals surface area contributed by atoms with Crippen LogP contribution in [0.4, 0.5) is 10.3 Å². The number of benzene rings is 1. The molecular formula is C26H36FN3O6S. The van der Waals surface area contributed by atoms with Crippen LogP contribution in [0, 0.1) is 5.82 Å². The topological polar surface area (TPSA) is 130 Å². The molecule has 2 aromatic rings. The first-order valence-electron chi connectivity index (χ1n) is 12.2. The fourth-order valence-electron chi connectivity index (χ4n) is 3.38. The minimum absolute atomic E-state index is 0.0113. The van der Waals surface area contributed by atoms with Crippen LogP contribution in [0.15, 0.2) is 30.3 Å². The third-order valence-corrected chi connectivity index (χ3v) is 6.83. The highest BCUT2D eigenvalue weighted by Crippen LogP contribution is 2.31. The second kappa shape index (κ2) is 13.6. The Balaban J connectivity index is 2.36. The van der Waals surface area contributed by atoms with Gasteiger partial charge in [0.15, 0.2) is 6.10 Å². The zero-order valence-electron chi connectivity index (χ0n) is 21.9. The summed E-state index contributed by atoms with van der Waals surface area (Å²) < 4.78 is 43.8. The molecule has 9 nitrogen and oxygen atoms in total. The number of aliphatic hydroxyl groups is 2. The van der Waals surface area contributed by atoms with Gasteiger partial charge in [-0.3, -0.25) is 0 Å². The van der Waals surface area contributed by atoms with Crippen molar-refractivity contribution >= 4 is 28.0 Å². The molecule has 2 rings (SSSR count). The van der Waals surface area contributed by atoms with Crippen molar-refractivity contribution in [1.29, 1.82) is 0 Å². The van der Waals surface area contributed by atoms with Crippen molar-refractivity contribution in [3.8, 4) is 11.3 Å². The Kier molecular flexibility index (Phi) is 11.1. The highest BCUT2D eigenvalue weighted by molar-refractivity contribution is 7.92. The second-order valence-electron chi connectivity index (χ2n) is 9.08. The van der Waals surface area contributed by atoms with Gasteiger partial charge < -0.3 is 14.9 Å². The van der Waals surface area contributed by atoms with Gasteiger partial charge in [-0.15, -0.1) is 0 Å². The number of aromatic nitrogens is 2. The first-order chi connectivity index (χ1) is 17.4. The third-order valence-electron chi connectivity index (χ3n) is 5.67. The van der Waals surface area contributed by atoms with Crippen LogP contribution in [-0.4, -0.2) is 66.7 Å². The fourth-order valence-corrected chi connectivity index (χ4v) is 3.76. The van der Waals surface area contributed by atoms with Crippen LogP contribution in [0.5, 0.6) is 0 Å². The molecule has 0 aliphatic carbocycles. The number of sulfonamides is 1. The molecule has 0 radical (unpaired) electrons. The first-order valence-corrected chi connectivity index (χ1v) is 14.0. The van der Waals surface area contributed by atoms with Crippen LogP contribution in [0.2, 0.25) is 0 Å². The Labute approximate surface area is 218 Å². The molecule has 2 N–H and O–H groups in total. The van der Waals surface area contributed by atoms with E-state index in [1.165, 1.54) is 19.2 Å². The zero-order valence-corrected chi connectivity index (χ0v) is 22.7. The Bertz CT molecular complexity index is 1190. The van der Waals surface area contributed by atoms with Gasteiger partial charge in [0.1, 0.15) is 5.82 Å². The molecule has 11 heteroatoms. The van der Waals surface area contributed by atoms with Crippen LogP contribution in [0.3, 0.4) is 0 Å². The number of hydrogen-bond donors (Lipinski definition) is 2. The molecule has 0 spiro atoms. The quantitative estimate of drug-likeness (QED) is 0.293. The van der Waals surface area contributed by atoms with E-state index in [0.717, 1.165) is 17.0 Å². The average molecular weight is 538 g/mol. The molecule has 0 amide bonds. The minimum atomic E-state index is -3.63. The van der Waals surface area contributed by atoms with Crippen molar-refractivity contribution in [3.63, 3.8) is 0 Å². The summed E-state index contributed by atoms with van der Waals surface area (Å²) in [6, 6.07) is 5.68. The lowest BCUT2D eigenvalue weighted by atomic mass is 9.97. The summed E-state index contributed by atoms with van der Waals surface area (Å²) in [5, 5.41) is 20.2. The van der Waals surface area contributed by atoms with Crippen LogP contribution in [0.1, 0.15) is 63.6 Å². The van der Waals surface area contributed by atoms with Crippen molar-refractivity contribution in [2.75, 3.05) is 24.2 Å². The van der Waals surface area contributed by atoms with E-state index >= 15 is 0 Å². The number of halogens is 1. The van der Waals surface area contributed by atoms with Crippen LogP contribution >= 0.6 is 0 Å². The maximum Gasteiger partial charge on any atom is 0.337 e. The van der Waals surface area contributed by atoms with E-state index in [-0.39, 0.29) is 24.9 Å². The fraction of sp³-hybridized carbons (Fsp3) is 0.500. The Morgan fingerprint density at radius 2 is 1.84 bits per heavy atom. The van der Waals surface area contributed by atoms with Gasteiger partial charge in [0, 0.05) is 18.2 Å². The van der Waals surface area contributed by atoms with E-state index < -0.39 is 34.0 Å². The molecule has 0 saturated heterocycles. The van der Waals surface area contributed by atoms with Crippen molar-refractivity contribution in [3.05, 3.63) is 47.4 Å². The average Bonchev–Trinajstić information content (AvgIpc) is 2.85. The van der Waals surface area contributed by atoms with E-state index in [0.29, 0.717) is 35.4 Å². The molecular weight excluding hydrogens is 501 g/mol. The lowest BCUT2D eigenvalue weighted by Gasteiger charge is -2.20. The molecule has 2 atom stereocenters. The van der Waals surface area contributed by atoms with E-state index in [1.54, 1.807) is 24.3 Å². The third kappa shape index (κ3) is 8.58. The lowest BCUT2D eigenvalue weighted by Crippen LogP contribution is -2.35. The van der Waals surface area contributed by atoms with Gasteiger partial charge in [-0.2, -0.15) is 0 Å². The predicted molar refractivity (Wildman–Crippen MR) is 141 cm³/mol. The summed E-state index contributed by atoms with van der Waals surface area (Å²) in [5.41, 5.74) is 2.18. The number of carbonyl (C=O) groups is 1. The molecule has 0 fully saturated rings. The second-order valence-corrected chi connectivity index (χ2v) is 11.1. The van der Waals surface area contributed by atoms with Crippen molar-refractivity contribution in [2.24, 2.45) is 0 Å². The van der Waals surface area contributed by atoms with Crippen LogP contribution in [0.25, 0.3) is 17.3 Å². The maximum atomic E-state index is 13.6. The number of rotatable bonds is 13. The summed E-state index contributed by atoms with van der Waals surface area (Å²) in [5.74, 6) is -1.40. The van der Waals surface area contributed by atoms with Gasteiger partial charge in [-0.05, 0) is 49.4 Å². The number of aliphatic hydroxyl groups excluding tert-OH is 2. The number of anilines is 1. The number of carbonyl (C=O) groups excluding carboxylic acids is 1. The Morgan fingerprint density at radius 1 is 1.19 bits per heavy atom. The molecule has 0 bridgehead atoms. The number of hydrogen-bond acceptors (Lipinski definition) is 8. The smallest absolute Gasteiger partial charge is 0.337 e.